The maximum absolute atomic E-state index is 13.0. The third-order valence-electron chi connectivity index (χ3n) is 4.84. The number of nitrogens with zero attached hydrogens (tertiary/aromatic N) is 4. The van der Waals surface area contributed by atoms with Gasteiger partial charge in [-0.15, -0.1) is 10.2 Å². The Labute approximate surface area is 162 Å². The van der Waals surface area contributed by atoms with E-state index in [4.69, 9.17) is 0 Å². The van der Waals surface area contributed by atoms with E-state index >= 15 is 0 Å². The first-order chi connectivity index (χ1) is 13.7. The number of hydrogen-bond donors (Lipinski definition) is 1. The minimum atomic E-state index is -0.324. The quantitative estimate of drug-likeness (QED) is 0.753. The van der Waals surface area contributed by atoms with Crippen LogP contribution >= 0.6 is 0 Å². The number of pyridine rings is 1. The Hall–Kier alpha value is -3.35. The molecule has 1 fully saturated rings. The summed E-state index contributed by atoms with van der Waals surface area (Å²) >= 11 is 0. The van der Waals surface area contributed by atoms with Crippen LogP contribution in [-0.2, 0) is 4.79 Å². The van der Waals surface area contributed by atoms with Gasteiger partial charge in [0.1, 0.15) is 5.82 Å². The lowest BCUT2D eigenvalue weighted by molar-refractivity contribution is -0.120. The molecule has 0 radical (unpaired) electrons. The lowest BCUT2D eigenvalue weighted by atomic mass is 9.97. The molecule has 1 aromatic carbocycles. The Morgan fingerprint density at radius 3 is 2.68 bits per heavy atom. The number of anilines is 2. The fourth-order valence-electron chi connectivity index (χ4n) is 3.34. The standard InChI is InChI=1S/C21H20FN5O/c22-17-5-7-18(8-6-17)24-21(28)16-4-2-12-27(14-16)20-10-9-19(25-26-20)15-3-1-11-23-13-15/h1,3,5-11,13,16H,2,4,12,14H2,(H,24,28). The minimum absolute atomic E-state index is 0.0590. The second-order valence-electron chi connectivity index (χ2n) is 6.80. The number of aromatic nitrogens is 3. The molecule has 1 unspecified atom stereocenters. The van der Waals surface area contributed by atoms with E-state index < -0.39 is 0 Å². The molecule has 1 atom stereocenters. The summed E-state index contributed by atoms with van der Waals surface area (Å²) < 4.78 is 13.0. The van der Waals surface area contributed by atoms with E-state index in [0.717, 1.165) is 36.5 Å². The van der Waals surface area contributed by atoms with Gasteiger partial charge in [-0.1, -0.05) is 0 Å². The Morgan fingerprint density at radius 2 is 1.96 bits per heavy atom. The van der Waals surface area contributed by atoms with Crippen LogP contribution in [0.1, 0.15) is 12.8 Å². The fraction of sp³-hybridized carbons (Fsp3) is 0.238. The summed E-state index contributed by atoms with van der Waals surface area (Å²) in [6.45, 7) is 1.41. The monoisotopic (exact) mass is 377 g/mol. The number of rotatable bonds is 4. The third-order valence-corrected chi connectivity index (χ3v) is 4.84. The van der Waals surface area contributed by atoms with Crippen LogP contribution in [0, 0.1) is 11.7 Å². The van der Waals surface area contributed by atoms with Crippen LogP contribution in [0.2, 0.25) is 0 Å². The minimum Gasteiger partial charge on any atom is -0.354 e. The zero-order valence-corrected chi connectivity index (χ0v) is 15.3. The molecular weight excluding hydrogens is 357 g/mol. The zero-order valence-electron chi connectivity index (χ0n) is 15.3. The highest BCUT2D eigenvalue weighted by Crippen LogP contribution is 2.24. The predicted molar refractivity (Wildman–Crippen MR) is 105 cm³/mol. The molecule has 1 saturated heterocycles. The molecule has 0 saturated carbocycles. The highest BCUT2D eigenvalue weighted by atomic mass is 19.1. The molecule has 1 aliphatic heterocycles. The van der Waals surface area contributed by atoms with E-state index in [1.807, 2.05) is 24.3 Å². The van der Waals surface area contributed by atoms with Crippen molar-refractivity contribution in [2.45, 2.75) is 12.8 Å². The lowest BCUT2D eigenvalue weighted by Gasteiger charge is -2.32. The van der Waals surface area contributed by atoms with E-state index in [1.54, 1.807) is 24.5 Å². The van der Waals surface area contributed by atoms with Gasteiger partial charge < -0.3 is 10.2 Å². The van der Waals surface area contributed by atoms with Crippen molar-refractivity contribution in [2.24, 2.45) is 5.92 Å². The van der Waals surface area contributed by atoms with E-state index in [2.05, 4.69) is 25.4 Å². The number of halogens is 1. The van der Waals surface area contributed by atoms with Crippen molar-refractivity contribution >= 4 is 17.4 Å². The number of benzene rings is 1. The number of carbonyl (C=O) groups is 1. The van der Waals surface area contributed by atoms with Crippen LogP contribution in [0.4, 0.5) is 15.9 Å². The summed E-state index contributed by atoms with van der Waals surface area (Å²) in [5.41, 5.74) is 2.28. The molecule has 2 aromatic heterocycles. The molecular formula is C21H20FN5O. The van der Waals surface area contributed by atoms with Crippen molar-refractivity contribution in [3.8, 4) is 11.3 Å². The number of piperidine rings is 1. The molecule has 142 valence electrons. The molecule has 7 heteroatoms. The summed E-state index contributed by atoms with van der Waals surface area (Å²) in [5, 5.41) is 11.5. The Morgan fingerprint density at radius 1 is 1.11 bits per heavy atom. The smallest absolute Gasteiger partial charge is 0.229 e. The van der Waals surface area contributed by atoms with Crippen molar-refractivity contribution in [1.29, 1.82) is 0 Å². The Bertz CT molecular complexity index is 931. The Balaban J connectivity index is 1.42. The second-order valence-corrected chi connectivity index (χ2v) is 6.80. The van der Waals surface area contributed by atoms with E-state index in [0.29, 0.717) is 12.2 Å². The molecule has 1 aliphatic rings. The van der Waals surface area contributed by atoms with Gasteiger partial charge in [-0.2, -0.15) is 0 Å². The topological polar surface area (TPSA) is 71.0 Å². The first-order valence-corrected chi connectivity index (χ1v) is 9.24. The zero-order chi connectivity index (χ0) is 19.3. The van der Waals surface area contributed by atoms with Crippen LogP contribution < -0.4 is 10.2 Å². The van der Waals surface area contributed by atoms with Crippen molar-refractivity contribution in [3.05, 3.63) is 66.7 Å². The summed E-state index contributed by atoms with van der Waals surface area (Å²) in [4.78, 5) is 18.8. The maximum atomic E-state index is 13.0. The van der Waals surface area contributed by atoms with E-state index in [-0.39, 0.29) is 17.6 Å². The van der Waals surface area contributed by atoms with Crippen molar-refractivity contribution < 1.29 is 9.18 Å². The van der Waals surface area contributed by atoms with Gasteiger partial charge in [-0.25, -0.2) is 4.39 Å². The average Bonchev–Trinajstić information content (AvgIpc) is 2.76. The van der Waals surface area contributed by atoms with Gasteiger partial charge in [0.15, 0.2) is 5.82 Å². The van der Waals surface area contributed by atoms with Gasteiger partial charge in [0.2, 0.25) is 5.91 Å². The second kappa shape index (κ2) is 8.12. The molecule has 0 aliphatic carbocycles. The fourth-order valence-corrected chi connectivity index (χ4v) is 3.34. The number of hydrogen-bond acceptors (Lipinski definition) is 5. The SMILES string of the molecule is O=C(Nc1ccc(F)cc1)C1CCCN(c2ccc(-c3cccnc3)nn2)C1. The summed E-state index contributed by atoms with van der Waals surface area (Å²) in [7, 11) is 0. The molecule has 4 rings (SSSR count). The molecule has 0 spiro atoms. The van der Waals surface area contributed by atoms with Crippen LogP contribution in [0.25, 0.3) is 11.3 Å². The van der Waals surface area contributed by atoms with Gasteiger partial charge in [0, 0.05) is 36.7 Å². The molecule has 1 amide bonds. The Kier molecular flexibility index (Phi) is 5.23. The van der Waals surface area contributed by atoms with Crippen LogP contribution in [0.5, 0.6) is 0 Å². The van der Waals surface area contributed by atoms with Gasteiger partial charge >= 0.3 is 0 Å². The normalized spacial score (nSPS) is 16.6. The van der Waals surface area contributed by atoms with Crippen molar-refractivity contribution in [2.75, 3.05) is 23.3 Å². The molecule has 3 aromatic rings. The third kappa shape index (κ3) is 4.14. The first-order valence-electron chi connectivity index (χ1n) is 9.24. The van der Waals surface area contributed by atoms with Crippen LogP contribution in [0.3, 0.4) is 0 Å². The molecule has 28 heavy (non-hydrogen) atoms. The predicted octanol–water partition coefficient (Wildman–Crippen LogP) is 3.53. The van der Waals surface area contributed by atoms with Crippen LogP contribution in [0.15, 0.2) is 60.9 Å². The number of carbonyl (C=O) groups excluding carboxylic acids is 1. The van der Waals surface area contributed by atoms with E-state index in [9.17, 15) is 9.18 Å². The largest absolute Gasteiger partial charge is 0.354 e. The van der Waals surface area contributed by atoms with Gasteiger partial charge in [0.25, 0.3) is 0 Å². The van der Waals surface area contributed by atoms with Gasteiger partial charge in [-0.3, -0.25) is 9.78 Å². The highest BCUT2D eigenvalue weighted by Gasteiger charge is 2.26. The molecule has 1 N–H and O–H groups in total. The van der Waals surface area contributed by atoms with Crippen molar-refractivity contribution in [1.82, 2.24) is 15.2 Å². The van der Waals surface area contributed by atoms with Crippen LogP contribution in [-0.4, -0.2) is 34.2 Å². The van der Waals surface area contributed by atoms with E-state index in [1.165, 1.54) is 12.1 Å². The number of nitrogens with one attached hydrogen (secondary N) is 1. The lowest BCUT2D eigenvalue weighted by Crippen LogP contribution is -2.41. The summed E-state index contributed by atoms with van der Waals surface area (Å²) in [6, 6.07) is 13.4. The maximum Gasteiger partial charge on any atom is 0.229 e. The average molecular weight is 377 g/mol. The molecule has 3 heterocycles. The number of amides is 1. The van der Waals surface area contributed by atoms with Gasteiger partial charge in [0.05, 0.1) is 11.6 Å². The molecule has 6 nitrogen and oxygen atoms in total. The first kappa shape index (κ1) is 18.0. The highest BCUT2D eigenvalue weighted by molar-refractivity contribution is 5.93. The summed E-state index contributed by atoms with van der Waals surface area (Å²) in [6.07, 6.45) is 5.18. The van der Waals surface area contributed by atoms with Gasteiger partial charge in [-0.05, 0) is 61.4 Å². The molecule has 0 bridgehead atoms. The van der Waals surface area contributed by atoms with Crippen molar-refractivity contribution in [3.63, 3.8) is 0 Å². The summed E-state index contributed by atoms with van der Waals surface area (Å²) in [5.74, 6) is 0.219.